The van der Waals surface area contributed by atoms with E-state index in [1.165, 1.54) is 12.8 Å². The largest absolute Gasteiger partial charge is 0.347 e. The van der Waals surface area contributed by atoms with Crippen molar-refractivity contribution in [3.8, 4) is 16.9 Å². The summed E-state index contributed by atoms with van der Waals surface area (Å²) in [5.74, 6) is 0.524. The zero-order valence-corrected chi connectivity index (χ0v) is 22.6. The van der Waals surface area contributed by atoms with Gasteiger partial charge in [0.2, 0.25) is 0 Å². The fraction of sp³-hybridized carbons (Fsp3) is 0.429. The fourth-order valence-electron chi connectivity index (χ4n) is 7.05. The van der Waals surface area contributed by atoms with Crippen LogP contribution in [0.15, 0.2) is 30.3 Å². The Morgan fingerprint density at radius 2 is 1.89 bits per heavy atom. The van der Waals surface area contributed by atoms with Gasteiger partial charge in [-0.3, -0.25) is 4.79 Å². The number of nitrogens with zero attached hydrogens (tertiary/aromatic N) is 2. The van der Waals surface area contributed by atoms with E-state index in [0.29, 0.717) is 33.8 Å². The minimum Gasteiger partial charge on any atom is -0.347 e. The molecule has 2 aromatic carbocycles. The highest BCUT2D eigenvalue weighted by Gasteiger charge is 2.59. The molecule has 0 saturated heterocycles. The lowest BCUT2D eigenvalue weighted by Gasteiger charge is -2.43. The highest BCUT2D eigenvalue weighted by molar-refractivity contribution is 6.35. The number of fused-ring (bicyclic) bond motifs is 5. The normalized spacial score (nSPS) is 25.6. The lowest BCUT2D eigenvalue weighted by molar-refractivity contribution is 0.0732. The number of hydrogen-bond donors (Lipinski definition) is 1. The van der Waals surface area contributed by atoms with Gasteiger partial charge in [-0.2, -0.15) is 5.10 Å². The van der Waals surface area contributed by atoms with Crippen LogP contribution in [0.2, 0.25) is 15.1 Å². The molecule has 6 rings (SSSR count). The molecule has 3 aromatic rings. The van der Waals surface area contributed by atoms with Crippen LogP contribution in [0, 0.1) is 23.7 Å². The summed E-state index contributed by atoms with van der Waals surface area (Å²) in [6.07, 6.45) is 4.17. The maximum absolute atomic E-state index is 13.9. The Balaban J connectivity index is 1.47. The Labute approximate surface area is 221 Å². The van der Waals surface area contributed by atoms with Crippen LogP contribution in [-0.4, -0.2) is 21.7 Å². The van der Waals surface area contributed by atoms with Crippen molar-refractivity contribution in [3.05, 3.63) is 67.8 Å². The second kappa shape index (κ2) is 7.74. The highest BCUT2D eigenvalue weighted by atomic mass is 35.5. The Hall–Kier alpha value is -2.01. The van der Waals surface area contributed by atoms with Crippen molar-refractivity contribution in [1.82, 2.24) is 15.1 Å². The summed E-state index contributed by atoms with van der Waals surface area (Å²) < 4.78 is 1.80. The number of carbonyl (C=O) groups excluding carboxylic acids is 1. The maximum Gasteiger partial charge on any atom is 0.272 e. The van der Waals surface area contributed by atoms with Gasteiger partial charge in [0.1, 0.15) is 0 Å². The molecule has 3 aliphatic carbocycles. The lowest BCUT2D eigenvalue weighted by Crippen LogP contribution is -2.52. The van der Waals surface area contributed by atoms with E-state index < -0.39 is 0 Å². The molecule has 1 amide bonds. The Bertz CT molecular complexity index is 1400. The zero-order valence-electron chi connectivity index (χ0n) is 20.3. The maximum atomic E-state index is 13.9. The number of nitrogens with one attached hydrogen (secondary N) is 1. The summed E-state index contributed by atoms with van der Waals surface area (Å²) in [4.78, 5) is 13.9. The molecule has 3 unspecified atom stereocenters. The first-order valence-electron chi connectivity index (χ1n) is 12.2. The molecule has 2 saturated carbocycles. The molecule has 0 radical (unpaired) electrons. The molecular weight excluding hydrogens is 501 g/mol. The second-order valence-electron chi connectivity index (χ2n) is 11.4. The minimum atomic E-state index is -0.118. The number of hydrogen-bond acceptors (Lipinski definition) is 2. The molecule has 1 heterocycles. The Kier molecular flexibility index (Phi) is 5.18. The molecule has 2 fully saturated rings. The van der Waals surface area contributed by atoms with Crippen LogP contribution in [0.4, 0.5) is 0 Å². The van der Waals surface area contributed by atoms with E-state index in [0.717, 1.165) is 39.4 Å². The number of benzene rings is 2. The lowest BCUT2D eigenvalue weighted by atomic mass is 9.68. The molecule has 4 nitrogen and oxygen atoms in total. The van der Waals surface area contributed by atoms with Gasteiger partial charge in [0.05, 0.1) is 16.4 Å². The molecular formula is C28H28Cl3N3O. The van der Waals surface area contributed by atoms with Crippen LogP contribution < -0.4 is 5.32 Å². The molecule has 1 N–H and O–H groups in total. The first-order valence-corrected chi connectivity index (χ1v) is 13.3. The van der Waals surface area contributed by atoms with Gasteiger partial charge in [0.25, 0.3) is 5.91 Å². The van der Waals surface area contributed by atoms with Crippen molar-refractivity contribution in [3.63, 3.8) is 0 Å². The third-order valence-electron chi connectivity index (χ3n) is 8.89. The third kappa shape index (κ3) is 3.40. The first-order chi connectivity index (χ1) is 16.5. The van der Waals surface area contributed by atoms with Crippen LogP contribution in [0.5, 0.6) is 0 Å². The van der Waals surface area contributed by atoms with Crippen molar-refractivity contribution < 1.29 is 4.79 Å². The number of aromatic nitrogens is 2. The standard InChI is InChI=1S/C28H28Cl3N3O/c1-14-9-18-15(11-20(14)30)10-19-23(33-34(24(18)19)22-6-5-17(29)12-21(22)31)25(35)32-26-27(2,3)16-7-8-28(26,4)13-16/h5-6,9,11-12,16,26H,7-8,10,13H2,1-4H3,(H,32,35). The molecule has 0 spiro atoms. The third-order valence-corrected chi connectivity index (χ3v) is 9.83. The SMILES string of the molecule is Cc1cc2c(cc1Cl)Cc1c(C(=O)NC3C4(C)CCC(C4)C3(C)C)nn(-c3ccc(Cl)cc3Cl)c1-2. The van der Waals surface area contributed by atoms with Crippen LogP contribution in [0.25, 0.3) is 16.9 Å². The summed E-state index contributed by atoms with van der Waals surface area (Å²) in [6, 6.07) is 9.53. The van der Waals surface area contributed by atoms with Gasteiger partial charge in [-0.15, -0.1) is 0 Å². The van der Waals surface area contributed by atoms with Crippen LogP contribution in [0.1, 0.15) is 67.2 Å². The fourth-order valence-corrected chi connectivity index (χ4v) is 7.72. The topological polar surface area (TPSA) is 46.9 Å². The van der Waals surface area contributed by atoms with E-state index >= 15 is 0 Å². The molecule has 0 aliphatic heterocycles. The number of aryl methyl sites for hydroxylation is 1. The van der Waals surface area contributed by atoms with Gasteiger partial charge >= 0.3 is 0 Å². The van der Waals surface area contributed by atoms with Gasteiger partial charge in [0, 0.05) is 33.6 Å². The van der Waals surface area contributed by atoms with E-state index in [-0.39, 0.29) is 22.8 Å². The predicted molar refractivity (Wildman–Crippen MR) is 142 cm³/mol. The average Bonchev–Trinajstić information content (AvgIpc) is 3.49. The molecule has 182 valence electrons. The van der Waals surface area contributed by atoms with Gasteiger partial charge in [-0.05, 0) is 84.4 Å². The van der Waals surface area contributed by atoms with Crippen molar-refractivity contribution >= 4 is 40.7 Å². The van der Waals surface area contributed by atoms with Crippen molar-refractivity contribution in [2.75, 3.05) is 0 Å². The van der Waals surface area contributed by atoms with Gasteiger partial charge in [0.15, 0.2) is 5.69 Å². The number of rotatable bonds is 3. The van der Waals surface area contributed by atoms with E-state index in [1.807, 2.05) is 19.1 Å². The van der Waals surface area contributed by atoms with Crippen molar-refractivity contribution in [1.29, 1.82) is 0 Å². The second-order valence-corrected chi connectivity index (χ2v) is 12.7. The van der Waals surface area contributed by atoms with E-state index in [9.17, 15) is 4.79 Å². The molecule has 3 atom stereocenters. The Morgan fingerprint density at radius 1 is 1.11 bits per heavy atom. The average molecular weight is 529 g/mol. The molecule has 2 bridgehead atoms. The first kappa shape index (κ1) is 23.4. The quantitative estimate of drug-likeness (QED) is 0.297. The van der Waals surface area contributed by atoms with Crippen LogP contribution in [0.3, 0.4) is 0 Å². The number of amides is 1. The smallest absolute Gasteiger partial charge is 0.272 e. The summed E-state index contributed by atoms with van der Waals surface area (Å²) in [5, 5.41) is 10.0. The van der Waals surface area contributed by atoms with Gasteiger partial charge in [-0.25, -0.2) is 4.68 Å². The molecule has 3 aliphatic rings. The number of halogens is 3. The van der Waals surface area contributed by atoms with E-state index in [2.05, 4.69) is 32.2 Å². The molecule has 35 heavy (non-hydrogen) atoms. The summed E-state index contributed by atoms with van der Waals surface area (Å²) >= 11 is 19.2. The van der Waals surface area contributed by atoms with E-state index in [1.54, 1.807) is 16.8 Å². The summed E-state index contributed by atoms with van der Waals surface area (Å²) in [6.45, 7) is 8.90. The van der Waals surface area contributed by atoms with Crippen molar-refractivity contribution in [2.45, 2.75) is 59.4 Å². The van der Waals surface area contributed by atoms with Gasteiger partial charge < -0.3 is 5.32 Å². The molecule has 1 aromatic heterocycles. The van der Waals surface area contributed by atoms with Gasteiger partial charge in [-0.1, -0.05) is 55.6 Å². The zero-order chi connectivity index (χ0) is 24.9. The number of carbonyl (C=O) groups is 1. The van der Waals surface area contributed by atoms with Crippen LogP contribution in [-0.2, 0) is 6.42 Å². The van der Waals surface area contributed by atoms with E-state index in [4.69, 9.17) is 39.9 Å². The van der Waals surface area contributed by atoms with Crippen molar-refractivity contribution in [2.24, 2.45) is 16.7 Å². The monoisotopic (exact) mass is 527 g/mol. The predicted octanol–water partition coefficient (Wildman–Crippen LogP) is 7.66. The summed E-state index contributed by atoms with van der Waals surface area (Å²) in [5.41, 5.74) is 6.25. The Morgan fingerprint density at radius 3 is 2.57 bits per heavy atom. The summed E-state index contributed by atoms with van der Waals surface area (Å²) in [7, 11) is 0. The highest BCUT2D eigenvalue weighted by Crippen LogP contribution is 2.62. The van der Waals surface area contributed by atoms with Crippen LogP contribution >= 0.6 is 34.8 Å². The minimum absolute atomic E-state index is 0.0570. The molecule has 7 heteroatoms.